The summed E-state index contributed by atoms with van der Waals surface area (Å²) in [7, 11) is 0. The Morgan fingerprint density at radius 2 is 1.89 bits per heavy atom. The van der Waals surface area contributed by atoms with E-state index in [9.17, 15) is 9.59 Å². The minimum absolute atomic E-state index is 0.0268. The van der Waals surface area contributed by atoms with Gasteiger partial charge in [0.15, 0.2) is 11.6 Å². The molecule has 0 amide bonds. The molecule has 5 aliphatic carbocycles. The van der Waals surface area contributed by atoms with Gasteiger partial charge >= 0.3 is 0 Å². The number of carbonyl (C=O) groups excluding carboxylic acids is 2. The third kappa shape index (κ3) is 2.02. The fraction of sp³-hybridized carbons (Fsp3) is 0.833. The van der Waals surface area contributed by atoms with E-state index >= 15 is 0 Å². The summed E-state index contributed by atoms with van der Waals surface area (Å²) >= 11 is 0. The number of Topliss-reactive ketones (excluding diaryl/α,β-unsaturated/α-hetero) is 1. The first-order valence-electron chi connectivity index (χ1n) is 11.2. The van der Waals surface area contributed by atoms with Crippen molar-refractivity contribution in [3.05, 3.63) is 11.6 Å². The maximum atomic E-state index is 12.8. The summed E-state index contributed by atoms with van der Waals surface area (Å²) in [5, 5.41) is 0. The molecule has 4 fully saturated rings. The molecular weight excluding hydrogens is 336 g/mol. The smallest absolute Gasteiger partial charge is 0.162 e. The maximum Gasteiger partial charge on any atom is 0.162 e. The van der Waals surface area contributed by atoms with Gasteiger partial charge in [-0.3, -0.25) is 9.59 Å². The highest BCUT2D eigenvalue weighted by atomic mass is 16.5. The number of ether oxygens (including phenoxy) is 1. The average molecular weight is 371 g/mol. The quantitative estimate of drug-likeness (QED) is 0.721. The molecule has 0 spiro atoms. The number of hydrogen-bond donors (Lipinski definition) is 0. The first-order valence-corrected chi connectivity index (χ1v) is 11.2. The Morgan fingerprint density at radius 3 is 2.59 bits per heavy atom. The maximum absolute atomic E-state index is 12.8. The molecule has 5 rings (SSSR count). The molecule has 0 aromatic carbocycles. The van der Waals surface area contributed by atoms with Crippen molar-refractivity contribution in [3.8, 4) is 0 Å². The molecule has 4 saturated carbocycles. The molecule has 3 nitrogen and oxygen atoms in total. The van der Waals surface area contributed by atoms with E-state index in [1.807, 2.05) is 13.0 Å². The molecule has 3 heteroatoms. The van der Waals surface area contributed by atoms with Gasteiger partial charge in [-0.05, 0) is 94.0 Å². The van der Waals surface area contributed by atoms with Crippen LogP contribution in [-0.2, 0) is 14.3 Å². The summed E-state index contributed by atoms with van der Waals surface area (Å²) in [5.74, 6) is 3.49. The van der Waals surface area contributed by atoms with E-state index in [1.165, 1.54) is 18.4 Å². The van der Waals surface area contributed by atoms with Gasteiger partial charge in [-0.1, -0.05) is 19.4 Å². The van der Waals surface area contributed by atoms with E-state index in [1.54, 1.807) is 6.92 Å². The minimum atomic E-state index is -0.570. The molecule has 2 unspecified atom stereocenters. The molecule has 0 bridgehead atoms. The van der Waals surface area contributed by atoms with Gasteiger partial charge in [0.1, 0.15) is 5.60 Å². The van der Waals surface area contributed by atoms with Crippen LogP contribution in [0.4, 0.5) is 0 Å². The van der Waals surface area contributed by atoms with Crippen molar-refractivity contribution in [1.29, 1.82) is 0 Å². The van der Waals surface area contributed by atoms with Crippen LogP contribution >= 0.6 is 0 Å². The molecule has 8 atom stereocenters. The van der Waals surface area contributed by atoms with Crippen LogP contribution in [0.25, 0.3) is 0 Å². The molecule has 5 aliphatic rings. The number of allylic oxidation sites excluding steroid dienone is 1. The number of hydrogen-bond acceptors (Lipinski definition) is 3. The lowest BCUT2D eigenvalue weighted by atomic mass is 9.46. The Hall–Kier alpha value is -0.960. The normalized spacial score (nSPS) is 53.0. The first kappa shape index (κ1) is 18.1. The summed E-state index contributed by atoms with van der Waals surface area (Å²) in [6, 6.07) is 0. The number of ketones is 2. The fourth-order valence-corrected chi connectivity index (χ4v) is 8.62. The molecule has 0 aromatic heterocycles. The van der Waals surface area contributed by atoms with Gasteiger partial charge in [-0.25, -0.2) is 0 Å². The highest BCUT2D eigenvalue weighted by Gasteiger charge is 2.69. The van der Waals surface area contributed by atoms with Crippen molar-refractivity contribution >= 4 is 11.6 Å². The second-order valence-corrected chi connectivity index (χ2v) is 10.5. The summed E-state index contributed by atoms with van der Waals surface area (Å²) < 4.78 is 6.27. The van der Waals surface area contributed by atoms with E-state index in [0.717, 1.165) is 32.1 Å². The first-order chi connectivity index (χ1) is 12.8. The fourth-order valence-electron chi connectivity index (χ4n) is 8.62. The van der Waals surface area contributed by atoms with Crippen molar-refractivity contribution in [2.24, 2.45) is 40.4 Å². The minimum Gasteiger partial charge on any atom is -0.367 e. The van der Waals surface area contributed by atoms with Crippen molar-refractivity contribution in [3.63, 3.8) is 0 Å². The van der Waals surface area contributed by atoms with Crippen molar-refractivity contribution in [2.45, 2.75) is 78.2 Å². The zero-order chi connectivity index (χ0) is 19.2. The van der Waals surface area contributed by atoms with Crippen LogP contribution in [0.5, 0.6) is 0 Å². The largest absolute Gasteiger partial charge is 0.367 e. The molecule has 0 radical (unpaired) electrons. The van der Waals surface area contributed by atoms with Gasteiger partial charge in [0.25, 0.3) is 0 Å². The van der Waals surface area contributed by atoms with E-state index in [0.29, 0.717) is 42.0 Å². The molecule has 148 valence electrons. The van der Waals surface area contributed by atoms with Gasteiger partial charge in [0.05, 0.1) is 0 Å². The molecule has 0 heterocycles. The third-order valence-electron chi connectivity index (χ3n) is 9.97. The zero-order valence-electron chi connectivity index (χ0n) is 17.3. The van der Waals surface area contributed by atoms with Gasteiger partial charge in [-0.2, -0.15) is 0 Å². The molecule has 0 saturated heterocycles. The van der Waals surface area contributed by atoms with Crippen LogP contribution in [0.3, 0.4) is 0 Å². The van der Waals surface area contributed by atoms with Gasteiger partial charge in [0, 0.05) is 17.9 Å². The summed E-state index contributed by atoms with van der Waals surface area (Å²) in [4.78, 5) is 25.1. The van der Waals surface area contributed by atoms with Crippen LogP contribution < -0.4 is 0 Å². The standard InChI is InChI=1S/C24H34O3/c1-5-27-24(14(2)25)11-9-18-16-7-6-15-12-21(26)17-13-20(17)23(15,4)19(16)8-10-22(18,24)3/h12,16-20H,5-11,13H2,1-4H3/t16-,17?,18-,19+,20?,22-,23+,24-/m0/s1. The Kier molecular flexibility index (Phi) is 3.72. The van der Waals surface area contributed by atoms with Crippen LogP contribution in [0, 0.1) is 40.4 Å². The Bertz CT molecular complexity index is 738. The predicted molar refractivity (Wildman–Crippen MR) is 104 cm³/mol. The SMILES string of the molecule is CCO[C@]1(C(C)=O)CC[C@H]2[C@@H]3CCC4=CC(=O)C5CC5[C@@]4(C)[C@@H]3CC[C@@]21C. The Balaban J connectivity index is 1.52. The molecule has 27 heavy (non-hydrogen) atoms. The highest BCUT2D eigenvalue weighted by molar-refractivity contribution is 5.96. The second kappa shape index (κ2) is 5.55. The monoisotopic (exact) mass is 370 g/mol. The zero-order valence-corrected chi connectivity index (χ0v) is 17.3. The molecular formula is C24H34O3. The van der Waals surface area contributed by atoms with Crippen molar-refractivity contribution in [1.82, 2.24) is 0 Å². The highest BCUT2D eigenvalue weighted by Crippen LogP contribution is 2.72. The lowest BCUT2D eigenvalue weighted by Gasteiger charge is -2.59. The Labute approximate surface area is 163 Å². The lowest BCUT2D eigenvalue weighted by Crippen LogP contribution is -2.58. The second-order valence-electron chi connectivity index (χ2n) is 10.5. The summed E-state index contributed by atoms with van der Waals surface area (Å²) in [6.45, 7) is 9.23. The van der Waals surface area contributed by atoms with Crippen molar-refractivity contribution in [2.75, 3.05) is 6.61 Å². The molecule has 0 aromatic rings. The summed E-state index contributed by atoms with van der Waals surface area (Å²) in [5.41, 5.74) is 1.09. The van der Waals surface area contributed by atoms with Crippen molar-refractivity contribution < 1.29 is 14.3 Å². The van der Waals surface area contributed by atoms with Crippen LogP contribution in [0.15, 0.2) is 11.6 Å². The predicted octanol–water partition coefficient (Wildman–Crippen LogP) is 4.74. The Morgan fingerprint density at radius 1 is 1.15 bits per heavy atom. The summed E-state index contributed by atoms with van der Waals surface area (Å²) in [6.07, 6.45) is 9.71. The number of rotatable bonds is 3. The third-order valence-corrected chi connectivity index (χ3v) is 9.97. The molecule has 0 aliphatic heterocycles. The van der Waals surface area contributed by atoms with Crippen LogP contribution in [0.2, 0.25) is 0 Å². The number of fused-ring (bicyclic) bond motifs is 7. The number of carbonyl (C=O) groups is 2. The van der Waals surface area contributed by atoms with Gasteiger partial charge in [-0.15, -0.1) is 0 Å². The lowest BCUT2D eigenvalue weighted by molar-refractivity contribution is -0.174. The molecule has 0 N–H and O–H groups in total. The van der Waals surface area contributed by atoms with Crippen LogP contribution in [0.1, 0.15) is 72.6 Å². The van der Waals surface area contributed by atoms with E-state index < -0.39 is 5.60 Å². The van der Waals surface area contributed by atoms with Gasteiger partial charge in [0.2, 0.25) is 0 Å². The van der Waals surface area contributed by atoms with Gasteiger partial charge < -0.3 is 4.74 Å². The van der Waals surface area contributed by atoms with Crippen LogP contribution in [-0.4, -0.2) is 23.8 Å². The average Bonchev–Trinajstić information content (AvgIpc) is 3.38. The van der Waals surface area contributed by atoms with E-state index in [-0.39, 0.29) is 16.6 Å². The van der Waals surface area contributed by atoms with E-state index in [2.05, 4.69) is 13.8 Å². The van der Waals surface area contributed by atoms with E-state index in [4.69, 9.17) is 4.74 Å². The topological polar surface area (TPSA) is 43.4 Å².